The predicted molar refractivity (Wildman–Crippen MR) is 69.2 cm³/mol. The van der Waals surface area contributed by atoms with Gasteiger partial charge in [0.05, 0.1) is 5.01 Å². The van der Waals surface area contributed by atoms with Crippen molar-refractivity contribution in [3.63, 3.8) is 0 Å². The van der Waals surface area contributed by atoms with Crippen molar-refractivity contribution in [2.45, 2.75) is 13.3 Å². The zero-order chi connectivity index (χ0) is 13.4. The summed E-state index contributed by atoms with van der Waals surface area (Å²) in [6.07, 6.45) is 0.593. The second kappa shape index (κ2) is 4.55. The van der Waals surface area contributed by atoms with E-state index < -0.39 is 5.97 Å². The van der Waals surface area contributed by atoms with Gasteiger partial charge in [-0.2, -0.15) is 0 Å². The molecule has 2 heterocycles. The fourth-order valence-corrected chi connectivity index (χ4v) is 2.91. The van der Waals surface area contributed by atoms with Crippen LogP contribution in [-0.2, 0) is 6.42 Å². The van der Waals surface area contributed by atoms with E-state index in [4.69, 9.17) is 14.6 Å². The van der Waals surface area contributed by atoms with E-state index in [0.717, 1.165) is 26.9 Å². The number of fused-ring (bicyclic) bond motifs is 1. The molecule has 1 N–H and O–H groups in total. The number of aromatic carboxylic acids is 1. The number of carbonyl (C=O) groups is 1. The third-order valence-corrected chi connectivity index (χ3v) is 3.81. The number of nitrogens with zero attached hydrogens (tertiary/aromatic N) is 1. The third kappa shape index (κ3) is 2.26. The highest BCUT2D eigenvalue weighted by molar-refractivity contribution is 7.11. The smallest absolute Gasteiger partial charge is 0.355 e. The highest BCUT2D eigenvalue weighted by atomic mass is 32.1. The Bertz CT molecular complexity index is 650. The molecule has 98 valence electrons. The van der Waals surface area contributed by atoms with Crippen LogP contribution in [0.4, 0.5) is 0 Å². The SMILES string of the molecule is Cc1sc(Cc2ccc3c(c2)OCO3)nc1C(=O)O. The first kappa shape index (κ1) is 12.0. The summed E-state index contributed by atoms with van der Waals surface area (Å²) < 4.78 is 10.6. The Morgan fingerprint density at radius 2 is 2.21 bits per heavy atom. The van der Waals surface area contributed by atoms with E-state index in [1.54, 1.807) is 6.92 Å². The standard InChI is InChI=1S/C13H11NO4S/c1-7-12(13(15)16)14-11(19-7)5-8-2-3-9-10(4-8)18-6-17-9/h2-4H,5-6H2,1H3,(H,15,16). The van der Waals surface area contributed by atoms with Gasteiger partial charge >= 0.3 is 5.97 Å². The van der Waals surface area contributed by atoms with Gasteiger partial charge in [0.25, 0.3) is 0 Å². The molecule has 19 heavy (non-hydrogen) atoms. The van der Waals surface area contributed by atoms with Crippen molar-refractivity contribution in [3.8, 4) is 11.5 Å². The number of hydrogen-bond acceptors (Lipinski definition) is 5. The zero-order valence-electron chi connectivity index (χ0n) is 10.2. The summed E-state index contributed by atoms with van der Waals surface area (Å²) in [5, 5.41) is 9.77. The highest BCUT2D eigenvalue weighted by Gasteiger charge is 2.16. The topological polar surface area (TPSA) is 68.7 Å². The van der Waals surface area contributed by atoms with Gasteiger partial charge in [0.2, 0.25) is 6.79 Å². The fraction of sp³-hybridized carbons (Fsp3) is 0.231. The number of thiazole rings is 1. The summed E-state index contributed by atoms with van der Waals surface area (Å²) in [5.41, 5.74) is 1.16. The maximum Gasteiger partial charge on any atom is 0.355 e. The van der Waals surface area contributed by atoms with E-state index in [9.17, 15) is 4.79 Å². The van der Waals surface area contributed by atoms with Gasteiger partial charge in [0, 0.05) is 11.3 Å². The molecule has 0 fully saturated rings. The van der Waals surface area contributed by atoms with Crippen molar-refractivity contribution in [3.05, 3.63) is 39.3 Å². The predicted octanol–water partition coefficient (Wildman–Crippen LogP) is 2.47. The highest BCUT2D eigenvalue weighted by Crippen LogP contribution is 2.33. The molecule has 0 saturated carbocycles. The fourth-order valence-electron chi connectivity index (χ4n) is 1.95. The van der Waals surface area contributed by atoms with E-state index in [1.165, 1.54) is 11.3 Å². The first-order chi connectivity index (χ1) is 9.13. The lowest BCUT2D eigenvalue weighted by Crippen LogP contribution is -1.99. The van der Waals surface area contributed by atoms with Crippen LogP contribution in [0.5, 0.6) is 11.5 Å². The van der Waals surface area contributed by atoms with Gasteiger partial charge in [0.15, 0.2) is 17.2 Å². The lowest BCUT2D eigenvalue weighted by atomic mass is 10.1. The monoisotopic (exact) mass is 277 g/mol. The van der Waals surface area contributed by atoms with Gasteiger partial charge in [-0.3, -0.25) is 0 Å². The van der Waals surface area contributed by atoms with Crippen LogP contribution in [0.2, 0.25) is 0 Å². The van der Waals surface area contributed by atoms with E-state index >= 15 is 0 Å². The molecule has 0 bridgehead atoms. The Morgan fingerprint density at radius 3 is 2.95 bits per heavy atom. The molecule has 1 aliphatic heterocycles. The molecule has 0 radical (unpaired) electrons. The van der Waals surface area contributed by atoms with Gasteiger partial charge < -0.3 is 14.6 Å². The molecule has 1 aromatic carbocycles. The first-order valence-corrected chi connectivity index (χ1v) is 6.53. The molecule has 0 saturated heterocycles. The van der Waals surface area contributed by atoms with Crippen molar-refractivity contribution in [2.75, 3.05) is 6.79 Å². The molecule has 3 rings (SSSR count). The molecule has 0 aliphatic carbocycles. The number of aryl methyl sites for hydroxylation is 1. The average molecular weight is 277 g/mol. The molecule has 0 spiro atoms. The minimum Gasteiger partial charge on any atom is -0.476 e. The van der Waals surface area contributed by atoms with Crippen LogP contribution in [0, 0.1) is 6.92 Å². The van der Waals surface area contributed by atoms with Crippen LogP contribution < -0.4 is 9.47 Å². The Balaban J connectivity index is 1.85. The molecule has 0 atom stereocenters. The van der Waals surface area contributed by atoms with Crippen LogP contribution in [0.3, 0.4) is 0 Å². The molecule has 6 heteroatoms. The summed E-state index contributed by atoms with van der Waals surface area (Å²) in [7, 11) is 0. The summed E-state index contributed by atoms with van der Waals surface area (Å²) in [6, 6.07) is 5.69. The lowest BCUT2D eigenvalue weighted by molar-refractivity contribution is 0.0690. The number of rotatable bonds is 3. The van der Waals surface area contributed by atoms with Crippen molar-refractivity contribution >= 4 is 17.3 Å². The maximum absolute atomic E-state index is 10.9. The molecule has 5 nitrogen and oxygen atoms in total. The largest absolute Gasteiger partial charge is 0.476 e. The normalized spacial score (nSPS) is 12.7. The van der Waals surface area contributed by atoms with Crippen molar-refractivity contribution < 1.29 is 19.4 Å². The van der Waals surface area contributed by atoms with E-state index in [2.05, 4.69) is 4.98 Å². The maximum atomic E-state index is 10.9. The molecular weight excluding hydrogens is 266 g/mol. The van der Waals surface area contributed by atoms with Crippen LogP contribution in [0.1, 0.15) is 25.9 Å². The van der Waals surface area contributed by atoms with Crippen molar-refractivity contribution in [1.82, 2.24) is 4.98 Å². The van der Waals surface area contributed by atoms with E-state index in [1.807, 2.05) is 18.2 Å². The van der Waals surface area contributed by atoms with Crippen LogP contribution in [-0.4, -0.2) is 22.9 Å². The van der Waals surface area contributed by atoms with Crippen LogP contribution >= 0.6 is 11.3 Å². The molecule has 1 aliphatic rings. The molecular formula is C13H11NO4S. The Labute approximate surface area is 113 Å². The molecule has 0 unspecified atom stereocenters. The first-order valence-electron chi connectivity index (χ1n) is 5.71. The van der Waals surface area contributed by atoms with E-state index in [0.29, 0.717) is 6.42 Å². The number of carboxylic acid groups (broad SMARTS) is 1. The van der Waals surface area contributed by atoms with Crippen molar-refractivity contribution in [2.24, 2.45) is 0 Å². The number of benzene rings is 1. The summed E-state index contributed by atoms with van der Waals surface area (Å²) in [4.78, 5) is 15.8. The summed E-state index contributed by atoms with van der Waals surface area (Å²) in [5.74, 6) is 0.486. The zero-order valence-corrected chi connectivity index (χ0v) is 11.0. The molecule has 0 amide bonds. The van der Waals surface area contributed by atoms with Gasteiger partial charge in [-0.1, -0.05) is 6.07 Å². The molecule has 1 aromatic heterocycles. The third-order valence-electron chi connectivity index (χ3n) is 2.84. The lowest BCUT2D eigenvalue weighted by Gasteiger charge is -2.00. The minimum absolute atomic E-state index is 0.140. The quantitative estimate of drug-likeness (QED) is 0.933. The average Bonchev–Trinajstić information content (AvgIpc) is 2.95. The number of carboxylic acids is 1. The summed E-state index contributed by atoms with van der Waals surface area (Å²) >= 11 is 1.41. The van der Waals surface area contributed by atoms with E-state index in [-0.39, 0.29) is 12.5 Å². The van der Waals surface area contributed by atoms with Crippen LogP contribution in [0.25, 0.3) is 0 Å². The second-order valence-corrected chi connectivity index (χ2v) is 5.47. The van der Waals surface area contributed by atoms with Gasteiger partial charge in [-0.05, 0) is 24.6 Å². The molecule has 2 aromatic rings. The Morgan fingerprint density at radius 1 is 1.42 bits per heavy atom. The second-order valence-electron chi connectivity index (χ2n) is 4.18. The van der Waals surface area contributed by atoms with Gasteiger partial charge in [-0.25, -0.2) is 9.78 Å². The van der Waals surface area contributed by atoms with Gasteiger partial charge in [0.1, 0.15) is 0 Å². The number of ether oxygens (including phenoxy) is 2. The minimum atomic E-state index is -0.981. The van der Waals surface area contributed by atoms with Crippen molar-refractivity contribution in [1.29, 1.82) is 0 Å². The Hall–Kier alpha value is -2.08. The van der Waals surface area contributed by atoms with Gasteiger partial charge in [-0.15, -0.1) is 11.3 Å². The van der Waals surface area contributed by atoms with Crippen LogP contribution in [0.15, 0.2) is 18.2 Å². The number of hydrogen-bond donors (Lipinski definition) is 1. The number of aromatic nitrogens is 1. The Kier molecular flexibility index (Phi) is 2.87. The summed E-state index contributed by atoms with van der Waals surface area (Å²) in [6.45, 7) is 2.02.